The third-order valence-electron chi connectivity index (χ3n) is 5.71. The average molecular weight is 443 g/mol. The van der Waals surface area contributed by atoms with Gasteiger partial charge in [0.1, 0.15) is 17.7 Å². The van der Waals surface area contributed by atoms with Crippen molar-refractivity contribution in [1.82, 2.24) is 21.3 Å². The summed E-state index contributed by atoms with van der Waals surface area (Å²) in [7, 11) is 0. The van der Waals surface area contributed by atoms with E-state index in [4.69, 9.17) is 21.3 Å². The highest BCUT2D eigenvalue weighted by molar-refractivity contribution is 6.01. The Bertz CT molecular complexity index is 770. The minimum atomic E-state index is 0.0418. The highest BCUT2D eigenvalue weighted by Crippen LogP contribution is 2.30. The third kappa shape index (κ3) is 7.94. The number of hydrogen-bond acceptors (Lipinski definition) is 5. The van der Waals surface area contributed by atoms with Crippen molar-refractivity contribution in [3.8, 4) is 0 Å². The Labute approximate surface area is 191 Å². The molecule has 3 rings (SSSR count). The number of unbranched alkanes of at least 4 members (excludes halogenated alkanes) is 5. The van der Waals surface area contributed by atoms with Gasteiger partial charge in [-0.05, 0) is 31.4 Å². The van der Waals surface area contributed by atoms with Crippen LogP contribution in [0.5, 0.6) is 0 Å². The van der Waals surface area contributed by atoms with Gasteiger partial charge in [-0.15, -0.1) is 0 Å². The van der Waals surface area contributed by atoms with Crippen molar-refractivity contribution >= 4 is 17.8 Å². The molecule has 32 heavy (non-hydrogen) atoms. The fraction of sp³-hybridized carbons (Fsp3) is 0.609. The number of ether oxygens (including phenoxy) is 1. The molecule has 0 radical (unpaired) electrons. The summed E-state index contributed by atoms with van der Waals surface area (Å²) < 4.78 is 6.02. The molecule has 9 nitrogen and oxygen atoms in total. The van der Waals surface area contributed by atoms with Gasteiger partial charge < -0.3 is 31.7 Å². The number of nitrogens with two attached hydrogens (primary N) is 1. The molecular formula is C23H38N8O. The number of nitrogens with zero attached hydrogens (tertiary/aromatic N) is 1. The van der Waals surface area contributed by atoms with Crippen molar-refractivity contribution in [3.63, 3.8) is 0 Å². The molecule has 0 saturated heterocycles. The molecule has 0 aromatic rings. The highest BCUT2D eigenvalue weighted by atomic mass is 16.5. The molecule has 0 bridgehead atoms. The van der Waals surface area contributed by atoms with Crippen LogP contribution in [0.25, 0.3) is 0 Å². The monoisotopic (exact) mass is 442 g/mol. The van der Waals surface area contributed by atoms with Crippen LogP contribution in [0.2, 0.25) is 0 Å². The van der Waals surface area contributed by atoms with E-state index in [0.717, 1.165) is 75.5 Å². The van der Waals surface area contributed by atoms with E-state index in [1.54, 1.807) is 0 Å². The van der Waals surface area contributed by atoms with E-state index in [0.29, 0.717) is 12.5 Å². The number of rotatable bonds is 12. The molecule has 176 valence electrons. The smallest absolute Gasteiger partial charge is 0.188 e. The Balaban J connectivity index is 1.24. The summed E-state index contributed by atoms with van der Waals surface area (Å²) in [5, 5.41) is 27.6. The van der Waals surface area contributed by atoms with Crippen LogP contribution >= 0.6 is 0 Å². The normalized spacial score (nSPS) is 21.3. The van der Waals surface area contributed by atoms with E-state index in [9.17, 15) is 0 Å². The molecule has 8 N–H and O–H groups in total. The van der Waals surface area contributed by atoms with Gasteiger partial charge in [-0.1, -0.05) is 37.8 Å². The molecule has 2 heterocycles. The van der Waals surface area contributed by atoms with Crippen LogP contribution in [0.4, 0.5) is 0 Å². The SMILES string of the molecule is N=C(N)NCCCCCCCCNC(=N)NCC1=CC2C=C(C3=NCCCN3)C=CC2O1. The molecule has 0 saturated carbocycles. The molecular weight excluding hydrogens is 404 g/mol. The predicted molar refractivity (Wildman–Crippen MR) is 130 cm³/mol. The zero-order chi connectivity index (χ0) is 22.6. The number of guanidine groups is 2. The topological polar surface area (TPSA) is 143 Å². The van der Waals surface area contributed by atoms with Crippen molar-refractivity contribution < 1.29 is 4.74 Å². The minimum Gasteiger partial charge on any atom is -0.488 e. The van der Waals surface area contributed by atoms with Crippen molar-refractivity contribution in [1.29, 1.82) is 10.8 Å². The summed E-state index contributed by atoms with van der Waals surface area (Å²) in [5.74, 6) is 2.48. The summed E-state index contributed by atoms with van der Waals surface area (Å²) in [5.41, 5.74) is 6.39. The van der Waals surface area contributed by atoms with E-state index in [1.807, 2.05) is 0 Å². The molecule has 9 heteroatoms. The van der Waals surface area contributed by atoms with E-state index >= 15 is 0 Å². The summed E-state index contributed by atoms with van der Waals surface area (Å²) in [6.07, 6.45) is 16.5. The average Bonchev–Trinajstić information content (AvgIpc) is 3.21. The lowest BCUT2D eigenvalue weighted by Crippen LogP contribution is -2.37. The molecule has 0 aromatic heterocycles. The van der Waals surface area contributed by atoms with Gasteiger partial charge in [0, 0.05) is 37.7 Å². The van der Waals surface area contributed by atoms with Crippen molar-refractivity contribution in [3.05, 3.63) is 35.6 Å². The van der Waals surface area contributed by atoms with E-state index in [1.165, 1.54) is 12.8 Å². The molecule has 0 amide bonds. The molecule has 3 aliphatic rings. The van der Waals surface area contributed by atoms with Crippen LogP contribution in [0.15, 0.2) is 40.6 Å². The first kappa shape index (κ1) is 23.7. The van der Waals surface area contributed by atoms with Crippen LogP contribution in [-0.4, -0.2) is 56.6 Å². The van der Waals surface area contributed by atoms with Crippen LogP contribution in [0.3, 0.4) is 0 Å². The Kier molecular flexibility index (Phi) is 9.46. The first-order valence-corrected chi connectivity index (χ1v) is 11.8. The third-order valence-corrected chi connectivity index (χ3v) is 5.71. The first-order valence-electron chi connectivity index (χ1n) is 11.8. The van der Waals surface area contributed by atoms with Gasteiger partial charge in [0.15, 0.2) is 11.9 Å². The van der Waals surface area contributed by atoms with Gasteiger partial charge in [-0.3, -0.25) is 15.8 Å². The Hall–Kier alpha value is -2.97. The van der Waals surface area contributed by atoms with E-state index < -0.39 is 0 Å². The summed E-state index contributed by atoms with van der Waals surface area (Å²) >= 11 is 0. The van der Waals surface area contributed by atoms with Gasteiger partial charge in [0.25, 0.3) is 0 Å². The quantitative estimate of drug-likeness (QED) is 0.139. The van der Waals surface area contributed by atoms with Gasteiger partial charge in [-0.2, -0.15) is 0 Å². The second-order valence-electron chi connectivity index (χ2n) is 8.40. The summed E-state index contributed by atoms with van der Waals surface area (Å²) in [4.78, 5) is 4.58. The zero-order valence-electron chi connectivity index (χ0n) is 18.9. The maximum absolute atomic E-state index is 8.06. The van der Waals surface area contributed by atoms with Crippen LogP contribution < -0.4 is 27.0 Å². The standard InChI is InChI=1S/C23H38N8O/c24-22(25)29-10-5-3-1-2-4-6-11-30-23(26)31-16-19-15-18-14-17(8-9-20(18)32-19)21-27-12-7-13-28-21/h8-9,14-15,18,20H,1-7,10-13,16H2,(H,27,28)(H4,24,25,29)(H3,26,30,31). The summed E-state index contributed by atoms with van der Waals surface area (Å²) in [6, 6.07) is 0. The van der Waals surface area contributed by atoms with Crippen molar-refractivity contribution in [2.24, 2.45) is 16.6 Å². The van der Waals surface area contributed by atoms with Crippen LogP contribution in [-0.2, 0) is 4.74 Å². The molecule has 0 spiro atoms. The second-order valence-corrected chi connectivity index (χ2v) is 8.40. The molecule has 2 atom stereocenters. The molecule has 2 unspecified atom stereocenters. The van der Waals surface area contributed by atoms with Crippen LogP contribution in [0.1, 0.15) is 44.9 Å². The van der Waals surface area contributed by atoms with Crippen molar-refractivity contribution in [2.75, 3.05) is 32.7 Å². The van der Waals surface area contributed by atoms with Gasteiger partial charge >= 0.3 is 0 Å². The fourth-order valence-electron chi connectivity index (χ4n) is 3.99. The lowest BCUT2D eigenvalue weighted by atomic mass is 9.93. The number of amidine groups is 1. The Morgan fingerprint density at radius 2 is 1.81 bits per heavy atom. The van der Waals surface area contributed by atoms with E-state index in [-0.39, 0.29) is 18.0 Å². The van der Waals surface area contributed by atoms with Gasteiger partial charge in [0.05, 0.1) is 6.54 Å². The lowest BCUT2D eigenvalue weighted by molar-refractivity contribution is 0.161. The van der Waals surface area contributed by atoms with Crippen molar-refractivity contribution in [2.45, 2.75) is 51.0 Å². The summed E-state index contributed by atoms with van der Waals surface area (Å²) in [6.45, 7) is 3.96. The number of fused-ring (bicyclic) bond motifs is 1. The number of nitrogens with one attached hydrogen (secondary N) is 6. The maximum atomic E-state index is 8.06. The van der Waals surface area contributed by atoms with Gasteiger partial charge in [-0.25, -0.2) is 0 Å². The largest absolute Gasteiger partial charge is 0.488 e. The maximum Gasteiger partial charge on any atom is 0.188 e. The number of aliphatic imine (C=N–C) groups is 1. The highest BCUT2D eigenvalue weighted by Gasteiger charge is 2.29. The predicted octanol–water partition coefficient (Wildman–Crippen LogP) is 1.71. The Morgan fingerprint density at radius 1 is 1.06 bits per heavy atom. The fourth-order valence-corrected chi connectivity index (χ4v) is 3.99. The first-order chi connectivity index (χ1) is 15.6. The second kappa shape index (κ2) is 12.8. The van der Waals surface area contributed by atoms with Crippen LogP contribution in [0, 0.1) is 16.7 Å². The Morgan fingerprint density at radius 3 is 2.53 bits per heavy atom. The molecule has 0 aromatic carbocycles. The molecule has 1 aliphatic carbocycles. The molecule has 2 aliphatic heterocycles. The van der Waals surface area contributed by atoms with Gasteiger partial charge in [0.2, 0.25) is 0 Å². The molecule has 0 fully saturated rings. The minimum absolute atomic E-state index is 0.0418. The number of hydrogen-bond donors (Lipinski definition) is 7. The lowest BCUT2D eigenvalue weighted by Gasteiger charge is -2.21. The van der Waals surface area contributed by atoms with E-state index in [2.05, 4.69) is 50.6 Å². The zero-order valence-corrected chi connectivity index (χ0v) is 18.9.